The number of rotatable bonds is 5. The summed E-state index contributed by atoms with van der Waals surface area (Å²) in [5, 5.41) is 19.5. The summed E-state index contributed by atoms with van der Waals surface area (Å²) in [5.41, 5.74) is 5.83. The smallest absolute Gasteiger partial charge is 0.346 e. The van der Waals surface area contributed by atoms with Gasteiger partial charge in [0.25, 0.3) is 0 Å². The first kappa shape index (κ1) is 20.0. The minimum atomic E-state index is -4.37. The lowest BCUT2D eigenvalue weighted by atomic mass is 9.85. The van der Waals surface area contributed by atoms with Crippen LogP contribution in [0.25, 0.3) is 11.2 Å². The van der Waals surface area contributed by atoms with Gasteiger partial charge in [0.15, 0.2) is 29.3 Å². The van der Waals surface area contributed by atoms with Crippen molar-refractivity contribution in [1.29, 1.82) is 0 Å². The molecular weight excluding hydrogens is 406 g/mol. The third kappa shape index (κ3) is 2.89. The molecule has 1 saturated heterocycles. The van der Waals surface area contributed by atoms with Gasteiger partial charge in [-0.25, -0.2) is 4.98 Å². The molecule has 160 valence electrons. The molecular formula is C15H17F4N5O5. The standard InChI is InChI=1S/C15H17F4N5O5/c1-27-9-8(26)5(3-25)28-12(9)24-4-21-7-10(20)22-13(23-11(7)24)29-6-2-14(16,17)15(6,18)19/h4-6,8-9,12,25-26H,2-3H2,1H3,(H2,20,22,23)/t5-,6?,8-,9-,12+/m1/s1. The van der Waals surface area contributed by atoms with E-state index in [-0.39, 0.29) is 17.0 Å². The molecule has 0 radical (unpaired) electrons. The van der Waals surface area contributed by atoms with Gasteiger partial charge in [-0.05, 0) is 0 Å². The Hall–Kier alpha value is -2.29. The van der Waals surface area contributed by atoms with Gasteiger partial charge >= 0.3 is 17.9 Å². The predicted octanol–water partition coefficient (Wildman–Crippen LogP) is 0.0958. The third-order valence-electron chi connectivity index (χ3n) is 5.05. The average Bonchev–Trinajstić information content (AvgIpc) is 3.21. The van der Waals surface area contributed by atoms with E-state index in [0.29, 0.717) is 0 Å². The molecule has 10 nitrogen and oxygen atoms in total. The molecule has 0 bridgehead atoms. The Bertz CT molecular complexity index is 928. The number of nitrogen functional groups attached to an aromatic ring is 1. The van der Waals surface area contributed by atoms with Crippen LogP contribution in [0.15, 0.2) is 6.33 Å². The lowest BCUT2D eigenvalue weighted by molar-refractivity contribution is -0.325. The summed E-state index contributed by atoms with van der Waals surface area (Å²) >= 11 is 0. The van der Waals surface area contributed by atoms with Crippen molar-refractivity contribution in [3.8, 4) is 6.01 Å². The van der Waals surface area contributed by atoms with Crippen molar-refractivity contribution < 1.29 is 42.0 Å². The van der Waals surface area contributed by atoms with Crippen molar-refractivity contribution in [3.63, 3.8) is 0 Å². The van der Waals surface area contributed by atoms with Crippen LogP contribution in [0.1, 0.15) is 12.6 Å². The molecule has 2 aromatic heterocycles. The highest BCUT2D eigenvalue weighted by Gasteiger charge is 2.73. The number of halogens is 4. The quantitative estimate of drug-likeness (QED) is 0.572. The van der Waals surface area contributed by atoms with E-state index in [0.717, 1.165) is 0 Å². The minimum Gasteiger partial charge on any atom is -0.453 e. The maximum absolute atomic E-state index is 13.5. The van der Waals surface area contributed by atoms with Crippen LogP contribution in [0.4, 0.5) is 23.4 Å². The van der Waals surface area contributed by atoms with E-state index in [2.05, 4.69) is 15.0 Å². The molecule has 2 aliphatic rings. The van der Waals surface area contributed by atoms with Gasteiger partial charge in [-0.2, -0.15) is 27.5 Å². The number of nitrogens with zero attached hydrogens (tertiary/aromatic N) is 4. The molecule has 2 fully saturated rings. The number of aliphatic hydroxyl groups is 2. The molecule has 2 aromatic rings. The van der Waals surface area contributed by atoms with E-state index < -0.39 is 61.5 Å². The number of ether oxygens (including phenoxy) is 3. The van der Waals surface area contributed by atoms with Gasteiger partial charge in [-0.15, -0.1) is 0 Å². The highest BCUT2D eigenvalue weighted by molar-refractivity contribution is 5.82. The third-order valence-corrected chi connectivity index (χ3v) is 5.05. The Morgan fingerprint density at radius 1 is 1.34 bits per heavy atom. The molecule has 0 spiro atoms. The summed E-state index contributed by atoms with van der Waals surface area (Å²) in [6.45, 7) is -0.486. The second-order valence-electron chi connectivity index (χ2n) is 6.79. The number of hydrogen-bond donors (Lipinski definition) is 3. The Morgan fingerprint density at radius 2 is 2.07 bits per heavy atom. The van der Waals surface area contributed by atoms with Crippen LogP contribution < -0.4 is 10.5 Å². The van der Waals surface area contributed by atoms with Crippen molar-refractivity contribution in [1.82, 2.24) is 19.5 Å². The Morgan fingerprint density at radius 3 is 2.66 bits per heavy atom. The number of imidazole rings is 1. The lowest BCUT2D eigenvalue weighted by Gasteiger charge is -2.42. The highest BCUT2D eigenvalue weighted by atomic mass is 19.3. The van der Waals surface area contributed by atoms with Crippen molar-refractivity contribution >= 4 is 17.0 Å². The summed E-state index contributed by atoms with van der Waals surface area (Å²) in [7, 11) is 1.32. The van der Waals surface area contributed by atoms with Gasteiger partial charge in [0.05, 0.1) is 19.4 Å². The van der Waals surface area contributed by atoms with E-state index in [1.54, 1.807) is 0 Å². The van der Waals surface area contributed by atoms with Crippen LogP contribution in [-0.4, -0.2) is 79.7 Å². The van der Waals surface area contributed by atoms with E-state index in [4.69, 9.17) is 19.9 Å². The molecule has 4 rings (SSSR count). The Labute approximate surface area is 160 Å². The number of aromatic nitrogens is 4. The van der Waals surface area contributed by atoms with Crippen LogP contribution >= 0.6 is 0 Å². The van der Waals surface area contributed by atoms with Crippen LogP contribution in [-0.2, 0) is 9.47 Å². The molecule has 1 aliphatic heterocycles. The van der Waals surface area contributed by atoms with Crippen molar-refractivity contribution in [2.75, 3.05) is 19.5 Å². The van der Waals surface area contributed by atoms with Crippen LogP contribution in [0.2, 0.25) is 0 Å². The molecule has 0 amide bonds. The number of fused-ring (bicyclic) bond motifs is 1. The first-order valence-electron chi connectivity index (χ1n) is 8.50. The van der Waals surface area contributed by atoms with Gasteiger partial charge < -0.3 is 30.2 Å². The maximum Gasteiger partial charge on any atom is 0.346 e. The normalized spacial score (nSPS) is 33.0. The average molecular weight is 423 g/mol. The number of anilines is 1. The van der Waals surface area contributed by atoms with Crippen molar-refractivity contribution in [2.24, 2.45) is 0 Å². The molecule has 5 atom stereocenters. The molecule has 4 N–H and O–H groups in total. The molecule has 14 heteroatoms. The lowest BCUT2D eigenvalue weighted by Crippen LogP contribution is -2.64. The van der Waals surface area contributed by atoms with Crippen LogP contribution in [0.3, 0.4) is 0 Å². The zero-order valence-corrected chi connectivity index (χ0v) is 14.9. The predicted molar refractivity (Wildman–Crippen MR) is 86.5 cm³/mol. The Kier molecular flexibility index (Phi) is 4.56. The fraction of sp³-hybridized carbons (Fsp3) is 0.667. The fourth-order valence-electron chi connectivity index (χ4n) is 3.35. The van der Waals surface area contributed by atoms with Crippen molar-refractivity contribution in [2.45, 2.75) is 48.9 Å². The van der Waals surface area contributed by atoms with E-state index in [9.17, 15) is 27.8 Å². The number of aliphatic hydroxyl groups excluding tert-OH is 2. The van der Waals surface area contributed by atoms with Gasteiger partial charge in [-0.1, -0.05) is 0 Å². The summed E-state index contributed by atoms with van der Waals surface area (Å²) in [6.07, 6.45) is -6.09. The Balaban J connectivity index is 1.68. The van der Waals surface area contributed by atoms with Crippen molar-refractivity contribution in [3.05, 3.63) is 6.33 Å². The van der Waals surface area contributed by atoms with Gasteiger partial charge in [-0.3, -0.25) is 4.57 Å². The number of nitrogens with two attached hydrogens (primary N) is 1. The van der Waals surface area contributed by atoms with Crippen LogP contribution in [0, 0.1) is 0 Å². The summed E-state index contributed by atoms with van der Waals surface area (Å²) in [6, 6.07) is -0.636. The second-order valence-corrected chi connectivity index (χ2v) is 6.79. The number of alkyl halides is 4. The van der Waals surface area contributed by atoms with Gasteiger partial charge in [0, 0.05) is 7.11 Å². The van der Waals surface area contributed by atoms with E-state index in [1.165, 1.54) is 18.0 Å². The zero-order chi connectivity index (χ0) is 21.1. The SMILES string of the molecule is CO[C@@H]1[C@H](O)[C@@H](CO)O[C@@H]1n1cnc2c(N)nc(OC3CC(F)(F)C3(F)F)nc21. The largest absolute Gasteiger partial charge is 0.453 e. The maximum atomic E-state index is 13.5. The molecule has 0 aromatic carbocycles. The van der Waals surface area contributed by atoms with Gasteiger partial charge in [0.2, 0.25) is 0 Å². The number of methoxy groups -OCH3 is 1. The van der Waals surface area contributed by atoms with E-state index in [1.807, 2.05) is 0 Å². The minimum absolute atomic E-state index is 0.0141. The summed E-state index contributed by atoms with van der Waals surface area (Å²) in [4.78, 5) is 11.7. The monoisotopic (exact) mass is 423 g/mol. The molecule has 1 aliphatic carbocycles. The number of hydrogen-bond acceptors (Lipinski definition) is 9. The fourth-order valence-corrected chi connectivity index (χ4v) is 3.35. The van der Waals surface area contributed by atoms with Crippen LogP contribution in [0.5, 0.6) is 6.01 Å². The highest BCUT2D eigenvalue weighted by Crippen LogP contribution is 2.52. The summed E-state index contributed by atoms with van der Waals surface area (Å²) < 4.78 is 70.0. The topological polar surface area (TPSA) is 138 Å². The van der Waals surface area contributed by atoms with Gasteiger partial charge in [0.1, 0.15) is 18.3 Å². The zero-order valence-electron chi connectivity index (χ0n) is 14.9. The molecule has 1 saturated carbocycles. The molecule has 29 heavy (non-hydrogen) atoms. The molecule has 3 heterocycles. The first-order valence-corrected chi connectivity index (χ1v) is 8.50. The summed E-state index contributed by atoms with van der Waals surface area (Å²) in [5.74, 6) is -8.77. The second kappa shape index (κ2) is 6.62. The van der Waals surface area contributed by atoms with E-state index >= 15 is 0 Å². The first-order chi connectivity index (χ1) is 13.6. The molecule has 1 unspecified atom stereocenters.